The van der Waals surface area contributed by atoms with Crippen LogP contribution in [0.4, 0.5) is 0 Å². The molecule has 1 fully saturated rings. The van der Waals surface area contributed by atoms with E-state index in [9.17, 15) is 9.90 Å². The van der Waals surface area contributed by atoms with E-state index in [2.05, 4.69) is 22.8 Å². The van der Waals surface area contributed by atoms with E-state index in [0.29, 0.717) is 6.54 Å². The van der Waals surface area contributed by atoms with Crippen LogP contribution in [-0.4, -0.2) is 29.2 Å². The zero-order valence-electron chi connectivity index (χ0n) is 11.7. The van der Waals surface area contributed by atoms with Crippen molar-refractivity contribution in [3.8, 4) is 0 Å². The summed E-state index contributed by atoms with van der Waals surface area (Å²) in [4.78, 5) is 12.2. The molecule has 3 rings (SSSR count). The summed E-state index contributed by atoms with van der Waals surface area (Å²) in [5.74, 6) is -0.000159. The number of benzene rings is 1. The average Bonchev–Trinajstić information content (AvgIpc) is 2.91. The van der Waals surface area contributed by atoms with Gasteiger partial charge in [0.25, 0.3) is 0 Å². The molecule has 4 nitrogen and oxygen atoms in total. The van der Waals surface area contributed by atoms with Crippen LogP contribution in [0.15, 0.2) is 24.3 Å². The summed E-state index contributed by atoms with van der Waals surface area (Å²) in [5.41, 5.74) is 1.83. The molecule has 0 spiro atoms. The summed E-state index contributed by atoms with van der Waals surface area (Å²) in [6.07, 6.45) is 4.44. The summed E-state index contributed by atoms with van der Waals surface area (Å²) >= 11 is 0. The normalized spacial score (nSPS) is 24.1. The van der Waals surface area contributed by atoms with Gasteiger partial charge in [0, 0.05) is 13.1 Å². The molecule has 0 saturated heterocycles. The highest BCUT2D eigenvalue weighted by molar-refractivity contribution is 5.82. The monoisotopic (exact) mass is 274 g/mol. The van der Waals surface area contributed by atoms with Crippen LogP contribution in [0.5, 0.6) is 0 Å². The van der Waals surface area contributed by atoms with Gasteiger partial charge in [-0.05, 0) is 30.4 Å². The first-order chi connectivity index (χ1) is 9.66. The first kappa shape index (κ1) is 13.6. The predicted molar refractivity (Wildman–Crippen MR) is 77.2 cm³/mol. The second kappa shape index (κ2) is 5.54. The fraction of sp³-hybridized carbons (Fsp3) is 0.562. The van der Waals surface area contributed by atoms with Gasteiger partial charge in [0.05, 0.1) is 11.6 Å². The number of carbonyl (C=O) groups excluding carboxylic acids is 1. The lowest BCUT2D eigenvalue weighted by Crippen LogP contribution is -2.51. The summed E-state index contributed by atoms with van der Waals surface area (Å²) in [6.45, 7) is 1.12. The van der Waals surface area contributed by atoms with Crippen molar-refractivity contribution >= 4 is 5.91 Å². The number of carbonyl (C=O) groups is 1. The predicted octanol–water partition coefficient (Wildman–Crippen LogP) is 1.12. The molecule has 1 atom stereocenters. The van der Waals surface area contributed by atoms with Gasteiger partial charge < -0.3 is 15.7 Å². The Labute approximate surface area is 119 Å². The number of rotatable bonds is 3. The highest BCUT2D eigenvalue weighted by atomic mass is 16.3. The van der Waals surface area contributed by atoms with Gasteiger partial charge in [-0.2, -0.15) is 0 Å². The van der Waals surface area contributed by atoms with Crippen LogP contribution in [0.25, 0.3) is 0 Å². The van der Waals surface area contributed by atoms with E-state index in [1.807, 2.05) is 12.1 Å². The number of hydrogen-bond acceptors (Lipinski definition) is 3. The van der Waals surface area contributed by atoms with Crippen molar-refractivity contribution in [2.45, 2.75) is 50.3 Å². The Balaban J connectivity index is 1.56. The van der Waals surface area contributed by atoms with Crippen LogP contribution in [0.2, 0.25) is 0 Å². The number of aliphatic hydroxyl groups is 1. The average molecular weight is 274 g/mol. The van der Waals surface area contributed by atoms with Crippen molar-refractivity contribution in [2.24, 2.45) is 0 Å². The molecule has 2 aliphatic rings. The van der Waals surface area contributed by atoms with E-state index in [4.69, 9.17) is 0 Å². The Kier molecular flexibility index (Phi) is 3.76. The molecule has 1 heterocycles. The molecule has 1 aromatic rings. The maximum atomic E-state index is 12.2. The number of fused-ring (bicyclic) bond motifs is 1. The Hall–Kier alpha value is -1.39. The number of hydrogen-bond donors (Lipinski definition) is 3. The second-order valence-electron chi connectivity index (χ2n) is 6.06. The standard InChI is InChI=1S/C16H22N2O2/c19-15(18-11-16(20)7-3-4-8-16)14-9-12-5-1-2-6-13(12)10-17-14/h1-2,5-6,14,17,20H,3-4,7-11H2,(H,18,19)/t14-/m0/s1. The minimum absolute atomic E-state index is 0.000159. The third-order valence-electron chi connectivity index (χ3n) is 4.52. The first-order valence-corrected chi connectivity index (χ1v) is 7.47. The molecule has 108 valence electrons. The molecule has 1 aliphatic heterocycles. The van der Waals surface area contributed by atoms with E-state index in [0.717, 1.165) is 38.6 Å². The maximum absolute atomic E-state index is 12.2. The smallest absolute Gasteiger partial charge is 0.237 e. The maximum Gasteiger partial charge on any atom is 0.237 e. The van der Waals surface area contributed by atoms with E-state index in [-0.39, 0.29) is 11.9 Å². The molecular weight excluding hydrogens is 252 g/mol. The van der Waals surface area contributed by atoms with Crippen molar-refractivity contribution < 1.29 is 9.90 Å². The van der Waals surface area contributed by atoms with Crippen molar-refractivity contribution in [3.63, 3.8) is 0 Å². The lowest BCUT2D eigenvalue weighted by molar-refractivity contribution is -0.124. The molecule has 3 N–H and O–H groups in total. The van der Waals surface area contributed by atoms with Crippen molar-refractivity contribution in [1.82, 2.24) is 10.6 Å². The highest BCUT2D eigenvalue weighted by Crippen LogP contribution is 2.28. The Morgan fingerprint density at radius 1 is 1.30 bits per heavy atom. The zero-order valence-corrected chi connectivity index (χ0v) is 11.7. The summed E-state index contributed by atoms with van der Waals surface area (Å²) in [6, 6.07) is 8.03. The summed E-state index contributed by atoms with van der Waals surface area (Å²) < 4.78 is 0. The van der Waals surface area contributed by atoms with Gasteiger partial charge in [-0.25, -0.2) is 0 Å². The largest absolute Gasteiger partial charge is 0.388 e. The molecule has 0 aromatic heterocycles. The van der Waals surface area contributed by atoms with Gasteiger partial charge >= 0.3 is 0 Å². The Morgan fingerprint density at radius 3 is 2.75 bits per heavy atom. The zero-order chi connectivity index (χ0) is 14.0. The molecule has 20 heavy (non-hydrogen) atoms. The van der Waals surface area contributed by atoms with Crippen LogP contribution < -0.4 is 10.6 Å². The molecular formula is C16H22N2O2. The molecule has 4 heteroatoms. The van der Waals surface area contributed by atoms with Crippen molar-refractivity contribution in [2.75, 3.05) is 6.54 Å². The third-order valence-corrected chi connectivity index (χ3v) is 4.52. The van der Waals surface area contributed by atoms with Gasteiger partial charge in [-0.1, -0.05) is 37.1 Å². The third kappa shape index (κ3) is 2.86. The van der Waals surface area contributed by atoms with Crippen LogP contribution in [0.1, 0.15) is 36.8 Å². The van der Waals surface area contributed by atoms with Crippen LogP contribution >= 0.6 is 0 Å². The van der Waals surface area contributed by atoms with E-state index >= 15 is 0 Å². The van der Waals surface area contributed by atoms with E-state index in [1.54, 1.807) is 0 Å². The Morgan fingerprint density at radius 2 is 2.00 bits per heavy atom. The molecule has 0 unspecified atom stereocenters. The lowest BCUT2D eigenvalue weighted by atomic mass is 9.95. The van der Waals surface area contributed by atoms with E-state index < -0.39 is 5.60 Å². The van der Waals surface area contributed by atoms with Gasteiger partial charge in [0.15, 0.2) is 0 Å². The molecule has 0 radical (unpaired) electrons. The quantitative estimate of drug-likeness (QED) is 0.774. The van der Waals surface area contributed by atoms with Gasteiger partial charge in [-0.3, -0.25) is 4.79 Å². The van der Waals surface area contributed by atoms with Crippen molar-refractivity contribution in [3.05, 3.63) is 35.4 Å². The molecule has 1 aromatic carbocycles. The fourth-order valence-corrected chi connectivity index (χ4v) is 3.22. The molecule has 1 saturated carbocycles. The Bertz CT molecular complexity index is 495. The fourth-order valence-electron chi connectivity index (χ4n) is 3.22. The van der Waals surface area contributed by atoms with Crippen LogP contribution in [0, 0.1) is 0 Å². The summed E-state index contributed by atoms with van der Waals surface area (Å²) in [5, 5.41) is 16.4. The van der Waals surface area contributed by atoms with Gasteiger partial charge in [0.2, 0.25) is 5.91 Å². The lowest BCUT2D eigenvalue weighted by Gasteiger charge is -2.28. The summed E-state index contributed by atoms with van der Waals surface area (Å²) in [7, 11) is 0. The molecule has 0 bridgehead atoms. The first-order valence-electron chi connectivity index (χ1n) is 7.47. The number of amides is 1. The van der Waals surface area contributed by atoms with Gasteiger partial charge in [0.1, 0.15) is 0 Å². The second-order valence-corrected chi connectivity index (χ2v) is 6.06. The molecule has 1 aliphatic carbocycles. The van der Waals surface area contributed by atoms with Gasteiger partial charge in [-0.15, -0.1) is 0 Å². The minimum atomic E-state index is -0.678. The minimum Gasteiger partial charge on any atom is -0.388 e. The van der Waals surface area contributed by atoms with Crippen LogP contribution in [-0.2, 0) is 17.8 Å². The SMILES string of the molecule is O=C(NCC1(O)CCCC1)[C@@H]1Cc2ccccc2CN1. The van der Waals surface area contributed by atoms with Crippen molar-refractivity contribution in [1.29, 1.82) is 0 Å². The van der Waals surface area contributed by atoms with E-state index in [1.165, 1.54) is 11.1 Å². The molecule has 1 amide bonds. The van der Waals surface area contributed by atoms with Crippen LogP contribution in [0.3, 0.4) is 0 Å². The highest BCUT2D eigenvalue weighted by Gasteiger charge is 2.32. The topological polar surface area (TPSA) is 61.4 Å². The number of nitrogens with one attached hydrogen (secondary N) is 2.